The summed E-state index contributed by atoms with van der Waals surface area (Å²) >= 11 is 0. The van der Waals surface area contributed by atoms with E-state index in [1.165, 1.54) is 0 Å². The van der Waals surface area contributed by atoms with Crippen LogP contribution in [-0.2, 0) is 16.1 Å². The lowest BCUT2D eigenvalue weighted by atomic mass is 10.1. The fourth-order valence-corrected chi connectivity index (χ4v) is 2.03. The first-order valence-corrected chi connectivity index (χ1v) is 8.30. The monoisotopic (exact) mass is 340 g/mol. The third-order valence-electron chi connectivity index (χ3n) is 3.63. The molecule has 2 aromatic rings. The molecule has 0 aliphatic rings. The number of anilines is 1. The maximum atomic E-state index is 11.9. The van der Waals surface area contributed by atoms with Gasteiger partial charge in [-0.05, 0) is 36.8 Å². The molecule has 0 aromatic heterocycles. The number of rotatable bonds is 7. The second kappa shape index (κ2) is 8.87. The van der Waals surface area contributed by atoms with E-state index in [-0.39, 0.29) is 24.3 Å². The van der Waals surface area contributed by atoms with Crippen LogP contribution in [0.5, 0.6) is 5.75 Å². The van der Waals surface area contributed by atoms with Gasteiger partial charge in [-0.1, -0.05) is 43.7 Å². The summed E-state index contributed by atoms with van der Waals surface area (Å²) in [5.41, 5.74) is 2.84. The van der Waals surface area contributed by atoms with E-state index >= 15 is 0 Å². The number of carbonyl (C=O) groups excluding carboxylic acids is 2. The van der Waals surface area contributed by atoms with Crippen LogP contribution in [0.15, 0.2) is 48.5 Å². The van der Waals surface area contributed by atoms with Gasteiger partial charge in [0.05, 0.1) is 0 Å². The van der Waals surface area contributed by atoms with Gasteiger partial charge in [0.2, 0.25) is 5.91 Å². The van der Waals surface area contributed by atoms with Crippen molar-refractivity contribution in [1.29, 1.82) is 0 Å². The van der Waals surface area contributed by atoms with E-state index in [0.29, 0.717) is 12.3 Å². The topological polar surface area (TPSA) is 67.4 Å². The second-order valence-corrected chi connectivity index (χ2v) is 6.22. The average Bonchev–Trinajstić information content (AvgIpc) is 2.60. The fraction of sp³-hybridized carbons (Fsp3) is 0.300. The number of benzene rings is 2. The standard InChI is InChI=1S/C20H24N2O3/c1-14(2)20(24)22-17-8-6-16(7-9-17)12-21-19(23)13-25-18-10-4-15(3)5-11-18/h4-11,14H,12-13H2,1-3H3,(H,21,23)(H,22,24). The Bertz CT molecular complexity index is 707. The number of aryl methyl sites for hydroxylation is 1. The minimum Gasteiger partial charge on any atom is -0.484 e. The predicted octanol–water partition coefficient (Wildman–Crippen LogP) is 3.28. The third-order valence-corrected chi connectivity index (χ3v) is 3.63. The van der Waals surface area contributed by atoms with Crippen molar-refractivity contribution in [3.05, 3.63) is 59.7 Å². The van der Waals surface area contributed by atoms with Crippen LogP contribution >= 0.6 is 0 Å². The van der Waals surface area contributed by atoms with Gasteiger partial charge in [-0.3, -0.25) is 9.59 Å². The normalized spacial score (nSPS) is 10.4. The van der Waals surface area contributed by atoms with E-state index in [4.69, 9.17) is 4.74 Å². The minimum atomic E-state index is -0.183. The quantitative estimate of drug-likeness (QED) is 0.813. The van der Waals surface area contributed by atoms with Gasteiger partial charge in [0.1, 0.15) is 5.75 Å². The molecule has 0 aliphatic heterocycles. The molecule has 0 aliphatic carbocycles. The highest BCUT2D eigenvalue weighted by molar-refractivity contribution is 5.92. The Morgan fingerprint density at radius 2 is 1.64 bits per heavy atom. The summed E-state index contributed by atoms with van der Waals surface area (Å²) in [5, 5.41) is 5.64. The summed E-state index contributed by atoms with van der Waals surface area (Å²) < 4.78 is 5.44. The van der Waals surface area contributed by atoms with Crippen molar-refractivity contribution in [3.8, 4) is 5.75 Å². The summed E-state index contributed by atoms with van der Waals surface area (Å²) in [7, 11) is 0. The van der Waals surface area contributed by atoms with Gasteiger partial charge >= 0.3 is 0 Å². The van der Waals surface area contributed by atoms with E-state index in [9.17, 15) is 9.59 Å². The van der Waals surface area contributed by atoms with E-state index in [1.54, 1.807) is 0 Å². The smallest absolute Gasteiger partial charge is 0.258 e. The van der Waals surface area contributed by atoms with Gasteiger partial charge in [-0.2, -0.15) is 0 Å². The summed E-state index contributed by atoms with van der Waals surface area (Å²) in [6, 6.07) is 14.9. The van der Waals surface area contributed by atoms with Crippen molar-refractivity contribution in [3.63, 3.8) is 0 Å². The highest BCUT2D eigenvalue weighted by atomic mass is 16.5. The molecule has 0 bridgehead atoms. The lowest BCUT2D eigenvalue weighted by Crippen LogP contribution is -2.28. The first kappa shape index (κ1) is 18.5. The molecule has 0 unspecified atom stereocenters. The Balaban J connectivity index is 1.75. The molecule has 2 amide bonds. The van der Waals surface area contributed by atoms with Gasteiger partial charge in [0.15, 0.2) is 6.61 Å². The zero-order chi connectivity index (χ0) is 18.2. The minimum absolute atomic E-state index is 0.0192. The number of hydrogen-bond donors (Lipinski definition) is 2. The molecule has 0 fully saturated rings. The number of carbonyl (C=O) groups is 2. The summed E-state index contributed by atoms with van der Waals surface area (Å²) in [5.74, 6) is 0.408. The number of ether oxygens (including phenoxy) is 1. The van der Waals surface area contributed by atoms with Gasteiger partial charge in [0.25, 0.3) is 5.91 Å². The first-order valence-electron chi connectivity index (χ1n) is 8.30. The summed E-state index contributed by atoms with van der Waals surface area (Å²) in [4.78, 5) is 23.5. The number of hydrogen-bond acceptors (Lipinski definition) is 3. The van der Waals surface area contributed by atoms with Crippen LogP contribution < -0.4 is 15.4 Å². The van der Waals surface area contributed by atoms with Gasteiger partial charge in [0, 0.05) is 18.2 Å². The van der Waals surface area contributed by atoms with Crippen molar-refractivity contribution in [2.45, 2.75) is 27.3 Å². The molecule has 132 valence electrons. The van der Waals surface area contributed by atoms with Gasteiger partial charge < -0.3 is 15.4 Å². The third kappa shape index (κ3) is 6.30. The molecule has 0 atom stereocenters. The van der Waals surface area contributed by atoms with Crippen LogP contribution in [0.1, 0.15) is 25.0 Å². The summed E-state index contributed by atoms with van der Waals surface area (Å²) in [6.45, 7) is 6.08. The Hall–Kier alpha value is -2.82. The largest absolute Gasteiger partial charge is 0.484 e. The molecule has 2 N–H and O–H groups in total. The molecule has 25 heavy (non-hydrogen) atoms. The van der Waals surface area contributed by atoms with E-state index in [2.05, 4.69) is 10.6 Å². The fourth-order valence-electron chi connectivity index (χ4n) is 2.03. The van der Waals surface area contributed by atoms with Crippen LogP contribution in [0.3, 0.4) is 0 Å². The molecule has 5 heteroatoms. The molecule has 0 saturated carbocycles. The maximum absolute atomic E-state index is 11.9. The zero-order valence-corrected chi connectivity index (χ0v) is 14.8. The van der Waals surface area contributed by atoms with Crippen LogP contribution in [-0.4, -0.2) is 18.4 Å². The zero-order valence-electron chi connectivity index (χ0n) is 14.8. The molecule has 0 heterocycles. The van der Waals surface area contributed by atoms with Gasteiger partial charge in [-0.15, -0.1) is 0 Å². The molecule has 0 radical (unpaired) electrons. The van der Waals surface area contributed by atoms with E-state index in [1.807, 2.05) is 69.3 Å². The SMILES string of the molecule is Cc1ccc(OCC(=O)NCc2ccc(NC(=O)C(C)C)cc2)cc1. The molecule has 0 spiro atoms. The average molecular weight is 340 g/mol. The molecular weight excluding hydrogens is 316 g/mol. The molecule has 0 saturated heterocycles. The Morgan fingerprint density at radius 3 is 2.24 bits per heavy atom. The maximum Gasteiger partial charge on any atom is 0.258 e. The Kier molecular flexibility index (Phi) is 6.57. The van der Waals surface area contributed by atoms with E-state index < -0.39 is 0 Å². The van der Waals surface area contributed by atoms with Crippen molar-refractivity contribution >= 4 is 17.5 Å². The highest BCUT2D eigenvalue weighted by Crippen LogP contribution is 2.12. The molecule has 2 aromatic carbocycles. The second-order valence-electron chi connectivity index (χ2n) is 6.22. The molecular formula is C20H24N2O3. The summed E-state index contributed by atoms with van der Waals surface area (Å²) in [6.07, 6.45) is 0. The van der Waals surface area contributed by atoms with Crippen LogP contribution in [0.25, 0.3) is 0 Å². The predicted molar refractivity (Wildman–Crippen MR) is 98.4 cm³/mol. The molecule has 2 rings (SSSR count). The van der Waals surface area contributed by atoms with Crippen LogP contribution in [0.2, 0.25) is 0 Å². The van der Waals surface area contributed by atoms with Crippen molar-refractivity contribution in [2.75, 3.05) is 11.9 Å². The van der Waals surface area contributed by atoms with Crippen molar-refractivity contribution in [1.82, 2.24) is 5.32 Å². The van der Waals surface area contributed by atoms with Crippen LogP contribution in [0, 0.1) is 12.8 Å². The lowest BCUT2D eigenvalue weighted by molar-refractivity contribution is -0.123. The Morgan fingerprint density at radius 1 is 1.00 bits per heavy atom. The molecule has 5 nitrogen and oxygen atoms in total. The first-order chi connectivity index (χ1) is 11.9. The van der Waals surface area contributed by atoms with Gasteiger partial charge in [-0.25, -0.2) is 0 Å². The van der Waals surface area contributed by atoms with Crippen LogP contribution in [0.4, 0.5) is 5.69 Å². The van der Waals surface area contributed by atoms with Crippen molar-refractivity contribution in [2.24, 2.45) is 5.92 Å². The number of amides is 2. The highest BCUT2D eigenvalue weighted by Gasteiger charge is 2.07. The Labute approximate surface area is 148 Å². The van der Waals surface area contributed by atoms with E-state index in [0.717, 1.165) is 16.8 Å². The number of nitrogens with one attached hydrogen (secondary N) is 2. The lowest BCUT2D eigenvalue weighted by Gasteiger charge is -2.10. The van der Waals surface area contributed by atoms with Crippen molar-refractivity contribution < 1.29 is 14.3 Å².